The predicted octanol–water partition coefficient (Wildman–Crippen LogP) is 1.59. The molecule has 0 fully saturated rings. The Bertz CT molecular complexity index is 718. The fourth-order valence-corrected chi connectivity index (χ4v) is 2.12. The van der Waals surface area contributed by atoms with Crippen molar-refractivity contribution in [2.45, 2.75) is 19.0 Å². The molecule has 0 aromatic heterocycles. The molecule has 0 unspecified atom stereocenters. The molecule has 7 nitrogen and oxygen atoms in total. The molecule has 2 amide bonds. The van der Waals surface area contributed by atoms with E-state index in [2.05, 4.69) is 10.6 Å². The minimum absolute atomic E-state index is 0.0259. The van der Waals surface area contributed by atoms with Gasteiger partial charge in [0.25, 0.3) is 0 Å². The van der Waals surface area contributed by atoms with Gasteiger partial charge in [0.05, 0.1) is 0 Å². The first-order valence-electron chi connectivity index (χ1n) is 7.27. The number of aromatic hydroxyl groups is 2. The van der Waals surface area contributed by atoms with Gasteiger partial charge in [-0.2, -0.15) is 0 Å². The van der Waals surface area contributed by atoms with Crippen LogP contribution in [0.5, 0.6) is 11.5 Å². The molecule has 126 valence electrons. The average Bonchev–Trinajstić information content (AvgIpc) is 2.56. The van der Waals surface area contributed by atoms with Crippen LogP contribution >= 0.6 is 0 Å². The molecule has 2 aromatic carbocycles. The van der Waals surface area contributed by atoms with Gasteiger partial charge in [0, 0.05) is 13.0 Å². The van der Waals surface area contributed by atoms with Crippen molar-refractivity contribution in [1.82, 2.24) is 10.6 Å². The van der Waals surface area contributed by atoms with Gasteiger partial charge in [0.2, 0.25) is 0 Å². The fraction of sp³-hybridized carbons (Fsp3) is 0.176. The number of benzene rings is 2. The first-order chi connectivity index (χ1) is 11.5. The molecule has 0 aliphatic carbocycles. The molecular formula is C17H18N2O5. The summed E-state index contributed by atoms with van der Waals surface area (Å²) in [6.07, 6.45) is -0.0259. The van der Waals surface area contributed by atoms with Gasteiger partial charge in [-0.25, -0.2) is 9.59 Å². The number of amides is 2. The highest BCUT2D eigenvalue weighted by molar-refractivity contribution is 5.82. The van der Waals surface area contributed by atoms with Gasteiger partial charge >= 0.3 is 12.0 Å². The molecule has 0 bridgehead atoms. The zero-order chi connectivity index (χ0) is 17.5. The van der Waals surface area contributed by atoms with Crippen LogP contribution in [0.3, 0.4) is 0 Å². The second-order valence-corrected chi connectivity index (χ2v) is 5.23. The largest absolute Gasteiger partial charge is 0.504 e. The van der Waals surface area contributed by atoms with Gasteiger partial charge in [-0.3, -0.25) is 0 Å². The van der Waals surface area contributed by atoms with Crippen LogP contribution in [-0.2, 0) is 17.8 Å². The van der Waals surface area contributed by atoms with Crippen LogP contribution in [-0.4, -0.2) is 33.4 Å². The van der Waals surface area contributed by atoms with Crippen molar-refractivity contribution in [2.24, 2.45) is 0 Å². The molecule has 0 spiro atoms. The Morgan fingerprint density at radius 2 is 1.67 bits per heavy atom. The van der Waals surface area contributed by atoms with Crippen molar-refractivity contribution in [3.05, 3.63) is 59.7 Å². The second-order valence-electron chi connectivity index (χ2n) is 5.23. The summed E-state index contributed by atoms with van der Waals surface area (Å²) in [7, 11) is 0. The van der Waals surface area contributed by atoms with Gasteiger partial charge in [0.15, 0.2) is 11.5 Å². The van der Waals surface area contributed by atoms with Gasteiger partial charge in [-0.15, -0.1) is 0 Å². The van der Waals surface area contributed by atoms with Gasteiger partial charge in [0.1, 0.15) is 6.04 Å². The van der Waals surface area contributed by atoms with Crippen LogP contribution in [0, 0.1) is 0 Å². The number of carboxylic acids is 1. The van der Waals surface area contributed by atoms with Crippen LogP contribution in [0.15, 0.2) is 48.5 Å². The minimum atomic E-state index is -1.20. The lowest BCUT2D eigenvalue weighted by Gasteiger charge is -2.15. The number of phenolic OH excluding ortho intramolecular Hbond substituents is 2. The van der Waals surface area contributed by atoms with Gasteiger partial charge in [-0.05, 0) is 23.3 Å². The van der Waals surface area contributed by atoms with E-state index in [-0.39, 0.29) is 24.5 Å². The number of hydrogen-bond donors (Lipinski definition) is 5. The van der Waals surface area contributed by atoms with Crippen LogP contribution in [0.1, 0.15) is 11.1 Å². The Morgan fingerprint density at radius 3 is 2.29 bits per heavy atom. The number of carbonyl (C=O) groups excluding carboxylic acids is 1. The summed E-state index contributed by atoms with van der Waals surface area (Å²) >= 11 is 0. The van der Waals surface area contributed by atoms with Crippen molar-refractivity contribution in [3.8, 4) is 11.5 Å². The summed E-state index contributed by atoms with van der Waals surface area (Å²) in [5, 5.41) is 32.9. The molecule has 2 rings (SSSR count). The Morgan fingerprint density at radius 1 is 0.958 bits per heavy atom. The maximum absolute atomic E-state index is 11.9. The normalized spacial score (nSPS) is 11.5. The molecule has 1 atom stereocenters. The van der Waals surface area contributed by atoms with Crippen molar-refractivity contribution in [2.75, 3.05) is 0 Å². The number of phenols is 2. The lowest BCUT2D eigenvalue weighted by Crippen LogP contribution is -2.46. The Hall–Kier alpha value is -3.22. The van der Waals surface area contributed by atoms with Crippen molar-refractivity contribution in [1.29, 1.82) is 0 Å². The highest BCUT2D eigenvalue weighted by Gasteiger charge is 2.20. The quantitative estimate of drug-likeness (QED) is 0.515. The SMILES string of the molecule is O=C(NCc1ccccc1)N[C@@H](Cc1ccc(O)c(O)c1)C(=O)O. The molecule has 0 aliphatic heterocycles. The van der Waals surface area contributed by atoms with Crippen LogP contribution in [0.2, 0.25) is 0 Å². The summed E-state index contributed by atoms with van der Waals surface area (Å²) in [5.41, 5.74) is 1.36. The van der Waals surface area contributed by atoms with Crippen molar-refractivity contribution < 1.29 is 24.9 Å². The molecular weight excluding hydrogens is 312 g/mol. The van der Waals surface area contributed by atoms with E-state index in [0.717, 1.165) is 5.56 Å². The third kappa shape index (κ3) is 4.91. The van der Waals surface area contributed by atoms with Crippen molar-refractivity contribution >= 4 is 12.0 Å². The summed E-state index contributed by atoms with van der Waals surface area (Å²) < 4.78 is 0. The second kappa shape index (κ2) is 7.87. The lowest BCUT2D eigenvalue weighted by molar-refractivity contribution is -0.139. The van der Waals surface area contributed by atoms with E-state index in [0.29, 0.717) is 5.56 Å². The highest BCUT2D eigenvalue weighted by Crippen LogP contribution is 2.25. The van der Waals surface area contributed by atoms with Crippen LogP contribution < -0.4 is 10.6 Å². The van der Waals surface area contributed by atoms with Gasteiger partial charge < -0.3 is 26.0 Å². The third-order valence-corrected chi connectivity index (χ3v) is 3.38. The zero-order valence-corrected chi connectivity index (χ0v) is 12.8. The molecule has 0 aliphatic rings. The van der Waals surface area contributed by atoms with Crippen LogP contribution in [0.25, 0.3) is 0 Å². The molecule has 0 radical (unpaired) electrons. The molecule has 2 aromatic rings. The molecule has 0 heterocycles. The standard InChI is InChI=1S/C17H18N2O5/c20-14-7-6-12(9-15(14)21)8-13(16(22)23)19-17(24)18-10-11-4-2-1-3-5-11/h1-7,9,13,20-21H,8,10H2,(H,22,23)(H2,18,19,24)/t13-/m0/s1. The first-order valence-corrected chi connectivity index (χ1v) is 7.27. The zero-order valence-electron chi connectivity index (χ0n) is 12.8. The van der Waals surface area contributed by atoms with Crippen LogP contribution in [0.4, 0.5) is 4.79 Å². The minimum Gasteiger partial charge on any atom is -0.504 e. The first kappa shape index (κ1) is 17.1. The monoisotopic (exact) mass is 330 g/mol. The molecule has 0 saturated carbocycles. The fourth-order valence-electron chi connectivity index (χ4n) is 2.12. The average molecular weight is 330 g/mol. The number of urea groups is 1. The summed E-state index contributed by atoms with van der Waals surface area (Å²) in [5.74, 6) is -1.83. The number of rotatable bonds is 6. The van der Waals surface area contributed by atoms with E-state index in [9.17, 15) is 24.9 Å². The maximum Gasteiger partial charge on any atom is 0.326 e. The lowest BCUT2D eigenvalue weighted by atomic mass is 10.1. The van der Waals surface area contributed by atoms with E-state index in [1.807, 2.05) is 30.3 Å². The van der Waals surface area contributed by atoms with E-state index >= 15 is 0 Å². The van der Waals surface area contributed by atoms with Gasteiger partial charge in [-0.1, -0.05) is 36.4 Å². The molecule has 5 N–H and O–H groups in total. The Kier molecular flexibility index (Phi) is 5.62. The third-order valence-electron chi connectivity index (χ3n) is 3.38. The van der Waals surface area contributed by atoms with Crippen molar-refractivity contribution in [3.63, 3.8) is 0 Å². The Labute approximate surface area is 138 Å². The smallest absolute Gasteiger partial charge is 0.326 e. The number of hydrogen-bond acceptors (Lipinski definition) is 4. The number of carboxylic acid groups (broad SMARTS) is 1. The topological polar surface area (TPSA) is 119 Å². The molecule has 0 saturated heterocycles. The number of nitrogens with one attached hydrogen (secondary N) is 2. The molecule has 7 heteroatoms. The summed E-state index contributed by atoms with van der Waals surface area (Å²) in [6.45, 7) is 0.277. The summed E-state index contributed by atoms with van der Waals surface area (Å²) in [4.78, 5) is 23.2. The van der Waals surface area contributed by atoms with E-state index in [4.69, 9.17) is 0 Å². The van der Waals surface area contributed by atoms with E-state index < -0.39 is 18.0 Å². The maximum atomic E-state index is 11.9. The Balaban J connectivity index is 1.93. The molecule has 24 heavy (non-hydrogen) atoms. The highest BCUT2D eigenvalue weighted by atomic mass is 16.4. The van der Waals surface area contributed by atoms with E-state index in [1.165, 1.54) is 18.2 Å². The van der Waals surface area contributed by atoms with E-state index in [1.54, 1.807) is 0 Å². The summed E-state index contributed by atoms with van der Waals surface area (Å²) in [6, 6.07) is 11.5. The number of carbonyl (C=O) groups is 2. The number of aliphatic carboxylic acids is 1. The predicted molar refractivity (Wildman–Crippen MR) is 86.7 cm³/mol.